The number of anilines is 1. The maximum Gasteiger partial charge on any atom is 0.317 e. The van der Waals surface area contributed by atoms with E-state index in [1.807, 2.05) is 23.4 Å². The number of carbonyl (C=O) groups is 1. The van der Waals surface area contributed by atoms with Gasteiger partial charge < -0.3 is 15.1 Å². The predicted octanol–water partition coefficient (Wildman–Crippen LogP) is 3.24. The smallest absolute Gasteiger partial charge is 0.317 e. The quantitative estimate of drug-likeness (QED) is 0.700. The molecule has 1 aromatic carbocycles. The number of nitrogens with one attached hydrogen (secondary N) is 1. The zero-order chi connectivity index (χ0) is 22.0. The van der Waals surface area contributed by atoms with Gasteiger partial charge in [-0.2, -0.15) is 5.10 Å². The van der Waals surface area contributed by atoms with E-state index >= 15 is 0 Å². The van der Waals surface area contributed by atoms with E-state index in [-0.39, 0.29) is 6.03 Å². The van der Waals surface area contributed by atoms with Crippen molar-refractivity contribution in [3.63, 3.8) is 0 Å². The molecule has 3 aromatic rings. The molecule has 8 heteroatoms. The van der Waals surface area contributed by atoms with Crippen LogP contribution in [0.25, 0.3) is 16.7 Å². The Bertz CT molecular complexity index is 1070. The first-order valence-corrected chi connectivity index (χ1v) is 11.1. The Morgan fingerprint density at radius 2 is 1.81 bits per heavy atom. The van der Waals surface area contributed by atoms with Crippen LogP contribution in [0, 0.1) is 13.8 Å². The molecule has 2 aromatic heterocycles. The molecule has 8 nitrogen and oxygen atoms in total. The van der Waals surface area contributed by atoms with Crippen LogP contribution < -0.4 is 10.2 Å². The molecule has 4 rings (SSSR count). The van der Waals surface area contributed by atoms with E-state index in [0.717, 1.165) is 66.5 Å². The van der Waals surface area contributed by atoms with Gasteiger partial charge in [-0.05, 0) is 39.3 Å². The molecule has 3 heterocycles. The first kappa shape index (κ1) is 21.1. The molecule has 0 unspecified atom stereocenters. The SMILES string of the molecule is CCNC(=O)N1CCCN(c2nc(CC)nc3c2c(C)nn3-c2ccc(C)cc2)CC1. The van der Waals surface area contributed by atoms with Crippen molar-refractivity contribution in [2.75, 3.05) is 37.6 Å². The average Bonchev–Trinajstić information content (AvgIpc) is 2.95. The normalized spacial score (nSPS) is 14.7. The van der Waals surface area contributed by atoms with Gasteiger partial charge in [-0.1, -0.05) is 24.6 Å². The van der Waals surface area contributed by atoms with E-state index < -0.39 is 0 Å². The lowest BCUT2D eigenvalue weighted by Crippen LogP contribution is -2.42. The Balaban J connectivity index is 1.74. The minimum absolute atomic E-state index is 0.00908. The topological polar surface area (TPSA) is 79.2 Å². The lowest BCUT2D eigenvalue weighted by Gasteiger charge is -2.24. The van der Waals surface area contributed by atoms with Crippen LogP contribution in [0.15, 0.2) is 24.3 Å². The van der Waals surface area contributed by atoms with Crippen molar-refractivity contribution in [1.82, 2.24) is 30.0 Å². The van der Waals surface area contributed by atoms with Gasteiger partial charge in [0.25, 0.3) is 0 Å². The van der Waals surface area contributed by atoms with Crippen molar-refractivity contribution < 1.29 is 4.79 Å². The Morgan fingerprint density at radius 3 is 2.52 bits per heavy atom. The van der Waals surface area contributed by atoms with Crippen LogP contribution in [0.1, 0.15) is 37.4 Å². The van der Waals surface area contributed by atoms with Crippen LogP contribution >= 0.6 is 0 Å². The molecule has 31 heavy (non-hydrogen) atoms. The zero-order valence-corrected chi connectivity index (χ0v) is 18.9. The van der Waals surface area contributed by atoms with Crippen molar-refractivity contribution in [2.45, 2.75) is 40.5 Å². The Morgan fingerprint density at radius 1 is 1.03 bits per heavy atom. The molecule has 1 N–H and O–H groups in total. The highest BCUT2D eigenvalue weighted by molar-refractivity contribution is 5.91. The number of rotatable bonds is 4. The number of aromatic nitrogens is 4. The van der Waals surface area contributed by atoms with E-state index in [1.165, 1.54) is 5.56 Å². The van der Waals surface area contributed by atoms with Gasteiger partial charge in [0.15, 0.2) is 5.65 Å². The van der Waals surface area contributed by atoms with Gasteiger partial charge in [0.05, 0.1) is 16.8 Å². The third-order valence-electron chi connectivity index (χ3n) is 5.73. The van der Waals surface area contributed by atoms with Crippen molar-refractivity contribution in [3.8, 4) is 5.69 Å². The largest absolute Gasteiger partial charge is 0.354 e. The maximum atomic E-state index is 12.3. The van der Waals surface area contributed by atoms with Crippen LogP contribution in [0.4, 0.5) is 10.6 Å². The third kappa shape index (κ3) is 4.19. The molecule has 0 radical (unpaired) electrons. The number of benzene rings is 1. The molecule has 1 aliphatic rings. The number of urea groups is 1. The monoisotopic (exact) mass is 421 g/mol. The molecule has 0 saturated carbocycles. The summed E-state index contributed by atoms with van der Waals surface area (Å²) in [6, 6.07) is 8.34. The molecular weight excluding hydrogens is 390 g/mol. The number of aryl methyl sites for hydroxylation is 3. The van der Waals surface area contributed by atoms with Crippen molar-refractivity contribution in [2.24, 2.45) is 0 Å². The lowest BCUT2D eigenvalue weighted by atomic mass is 10.2. The van der Waals surface area contributed by atoms with Crippen LogP contribution in [0.5, 0.6) is 0 Å². The second-order valence-corrected chi connectivity index (χ2v) is 8.01. The summed E-state index contributed by atoms with van der Waals surface area (Å²) < 4.78 is 1.92. The summed E-state index contributed by atoms with van der Waals surface area (Å²) in [6.45, 7) is 11.8. The molecule has 2 amide bonds. The molecule has 1 fully saturated rings. The second kappa shape index (κ2) is 8.91. The summed E-state index contributed by atoms with van der Waals surface area (Å²) in [7, 11) is 0. The fourth-order valence-electron chi connectivity index (χ4n) is 4.05. The third-order valence-corrected chi connectivity index (χ3v) is 5.73. The number of amides is 2. The Labute approximate surface area is 183 Å². The first-order chi connectivity index (χ1) is 15.0. The summed E-state index contributed by atoms with van der Waals surface area (Å²) >= 11 is 0. The summed E-state index contributed by atoms with van der Waals surface area (Å²) in [6.07, 6.45) is 1.65. The Hall–Kier alpha value is -3.16. The van der Waals surface area contributed by atoms with E-state index in [1.54, 1.807) is 0 Å². The number of nitrogens with zero attached hydrogens (tertiary/aromatic N) is 6. The molecule has 1 aliphatic heterocycles. The van der Waals surface area contributed by atoms with Crippen LogP contribution in [0.2, 0.25) is 0 Å². The number of fused-ring (bicyclic) bond motifs is 1. The van der Waals surface area contributed by atoms with E-state index in [0.29, 0.717) is 13.1 Å². The highest BCUT2D eigenvalue weighted by atomic mass is 16.2. The second-order valence-electron chi connectivity index (χ2n) is 8.01. The predicted molar refractivity (Wildman–Crippen MR) is 123 cm³/mol. The first-order valence-electron chi connectivity index (χ1n) is 11.1. The minimum atomic E-state index is 0.00908. The summed E-state index contributed by atoms with van der Waals surface area (Å²) in [4.78, 5) is 26.2. The van der Waals surface area contributed by atoms with Crippen LogP contribution in [-0.2, 0) is 6.42 Å². The van der Waals surface area contributed by atoms with Gasteiger partial charge in [0.2, 0.25) is 0 Å². The fraction of sp³-hybridized carbons (Fsp3) is 0.478. The summed E-state index contributed by atoms with van der Waals surface area (Å²) in [5.74, 6) is 1.73. The van der Waals surface area contributed by atoms with E-state index in [9.17, 15) is 4.79 Å². The molecule has 0 atom stereocenters. The molecule has 0 spiro atoms. The van der Waals surface area contributed by atoms with Gasteiger partial charge >= 0.3 is 6.03 Å². The lowest BCUT2D eigenvalue weighted by molar-refractivity contribution is 0.202. The van der Waals surface area contributed by atoms with Crippen molar-refractivity contribution in [1.29, 1.82) is 0 Å². The molecular formula is C23H31N7O. The summed E-state index contributed by atoms with van der Waals surface area (Å²) in [5, 5.41) is 8.72. The van der Waals surface area contributed by atoms with Gasteiger partial charge in [-0.3, -0.25) is 0 Å². The van der Waals surface area contributed by atoms with Gasteiger partial charge in [0, 0.05) is 39.1 Å². The average molecular weight is 422 g/mol. The summed E-state index contributed by atoms with van der Waals surface area (Å²) in [5.41, 5.74) is 3.96. The van der Waals surface area contributed by atoms with Crippen LogP contribution in [0.3, 0.4) is 0 Å². The number of hydrogen-bond donors (Lipinski definition) is 1. The highest BCUT2D eigenvalue weighted by Crippen LogP contribution is 2.30. The van der Waals surface area contributed by atoms with Crippen molar-refractivity contribution in [3.05, 3.63) is 41.3 Å². The van der Waals surface area contributed by atoms with Crippen LogP contribution in [-0.4, -0.2) is 63.4 Å². The van der Waals surface area contributed by atoms with E-state index in [4.69, 9.17) is 15.1 Å². The van der Waals surface area contributed by atoms with E-state index in [2.05, 4.69) is 48.3 Å². The highest BCUT2D eigenvalue weighted by Gasteiger charge is 2.24. The molecule has 0 bridgehead atoms. The standard InChI is InChI=1S/C23H31N7O/c1-5-19-25-21(28-12-7-13-29(15-14-28)23(31)24-6-2)20-17(4)27-30(22(20)26-19)18-10-8-16(3)9-11-18/h8-11H,5-7,12-15H2,1-4H3,(H,24,31). The maximum absolute atomic E-state index is 12.3. The van der Waals surface area contributed by atoms with Gasteiger partial charge in [0.1, 0.15) is 11.6 Å². The minimum Gasteiger partial charge on any atom is -0.354 e. The Kier molecular flexibility index (Phi) is 6.06. The zero-order valence-electron chi connectivity index (χ0n) is 18.9. The number of hydrogen-bond acceptors (Lipinski definition) is 5. The van der Waals surface area contributed by atoms with Gasteiger partial charge in [-0.15, -0.1) is 0 Å². The molecule has 1 saturated heterocycles. The number of carbonyl (C=O) groups excluding carboxylic acids is 1. The molecule has 0 aliphatic carbocycles. The van der Waals surface area contributed by atoms with Crippen molar-refractivity contribution >= 4 is 22.9 Å². The molecule has 164 valence electrons. The van der Waals surface area contributed by atoms with Gasteiger partial charge in [-0.25, -0.2) is 19.4 Å². The fourth-order valence-corrected chi connectivity index (χ4v) is 4.05.